The van der Waals surface area contributed by atoms with Crippen LogP contribution in [0.5, 0.6) is 5.75 Å². The lowest BCUT2D eigenvalue weighted by atomic mass is 10.1. The van der Waals surface area contributed by atoms with Gasteiger partial charge >= 0.3 is 0 Å². The third-order valence-electron chi connectivity index (χ3n) is 4.44. The van der Waals surface area contributed by atoms with Crippen molar-refractivity contribution in [1.82, 2.24) is 5.43 Å². The Morgan fingerprint density at radius 2 is 1.61 bits per heavy atom. The average Bonchev–Trinajstić information content (AvgIpc) is 2.73. The van der Waals surface area contributed by atoms with Crippen LogP contribution in [-0.4, -0.2) is 32.2 Å². The summed E-state index contributed by atoms with van der Waals surface area (Å²) in [5, 5.41) is 13.6. The number of sulfonamides is 1. The minimum absolute atomic E-state index is 0.0176. The van der Waals surface area contributed by atoms with E-state index in [4.69, 9.17) is 0 Å². The first-order chi connectivity index (χ1) is 14.8. The molecule has 3 rings (SSSR count). The number of anilines is 1. The normalized spacial score (nSPS) is 11.4. The molecule has 0 spiro atoms. The fourth-order valence-electron chi connectivity index (χ4n) is 3.07. The second-order valence-electron chi connectivity index (χ2n) is 7.02. The highest BCUT2D eigenvalue weighted by Crippen LogP contribution is 2.25. The zero-order valence-electron chi connectivity index (χ0n) is 17.2. The van der Waals surface area contributed by atoms with Crippen LogP contribution >= 0.6 is 0 Å². The largest absolute Gasteiger partial charge is 0.507 e. The van der Waals surface area contributed by atoms with Gasteiger partial charge in [-0.1, -0.05) is 36.4 Å². The van der Waals surface area contributed by atoms with Crippen LogP contribution in [0.3, 0.4) is 0 Å². The molecule has 0 fully saturated rings. The van der Waals surface area contributed by atoms with E-state index in [1.165, 1.54) is 24.4 Å². The molecule has 3 aromatic carbocycles. The number of benzene rings is 3. The number of phenolic OH excluding ortho intramolecular Hbond substituents is 1. The third kappa shape index (κ3) is 5.49. The zero-order chi connectivity index (χ0) is 22.4. The zero-order valence-corrected chi connectivity index (χ0v) is 18.0. The summed E-state index contributed by atoms with van der Waals surface area (Å²) >= 11 is 0. The van der Waals surface area contributed by atoms with E-state index >= 15 is 0 Å². The minimum Gasteiger partial charge on any atom is -0.507 e. The van der Waals surface area contributed by atoms with Crippen molar-refractivity contribution in [1.29, 1.82) is 0 Å². The summed E-state index contributed by atoms with van der Waals surface area (Å²) in [7, 11) is -3.99. The van der Waals surface area contributed by atoms with Gasteiger partial charge in [0, 0.05) is 5.56 Å². The monoisotopic (exact) mass is 437 g/mol. The molecule has 0 aliphatic rings. The Hall–Kier alpha value is -3.65. The molecular weight excluding hydrogens is 414 g/mol. The maximum absolute atomic E-state index is 13.3. The van der Waals surface area contributed by atoms with Gasteiger partial charge in [0.2, 0.25) is 0 Å². The predicted octanol–water partition coefficient (Wildman–Crippen LogP) is 3.35. The van der Waals surface area contributed by atoms with Gasteiger partial charge in [-0.15, -0.1) is 0 Å². The van der Waals surface area contributed by atoms with Crippen molar-refractivity contribution in [3.8, 4) is 5.75 Å². The van der Waals surface area contributed by atoms with Crippen LogP contribution in [-0.2, 0) is 14.8 Å². The number of hydrogen-bond donors (Lipinski definition) is 2. The maximum Gasteiger partial charge on any atom is 0.264 e. The summed E-state index contributed by atoms with van der Waals surface area (Å²) in [4.78, 5) is 12.6. The number of phenols is 1. The molecule has 160 valence electrons. The lowest BCUT2D eigenvalue weighted by Crippen LogP contribution is -2.39. The molecule has 0 aliphatic heterocycles. The van der Waals surface area contributed by atoms with Gasteiger partial charge < -0.3 is 5.11 Å². The van der Waals surface area contributed by atoms with Crippen LogP contribution in [0, 0.1) is 13.8 Å². The number of amides is 1. The van der Waals surface area contributed by atoms with E-state index in [-0.39, 0.29) is 10.6 Å². The number of carbonyl (C=O) groups excluding carboxylic acids is 1. The van der Waals surface area contributed by atoms with E-state index in [1.807, 2.05) is 19.9 Å². The van der Waals surface area contributed by atoms with Crippen LogP contribution in [0.25, 0.3) is 0 Å². The molecule has 2 N–H and O–H groups in total. The van der Waals surface area contributed by atoms with Crippen molar-refractivity contribution in [2.24, 2.45) is 5.10 Å². The molecule has 0 aromatic heterocycles. The van der Waals surface area contributed by atoms with E-state index in [0.717, 1.165) is 15.4 Å². The van der Waals surface area contributed by atoms with Gasteiger partial charge in [-0.25, -0.2) is 13.8 Å². The van der Waals surface area contributed by atoms with Crippen molar-refractivity contribution in [2.75, 3.05) is 10.8 Å². The van der Waals surface area contributed by atoms with Crippen LogP contribution in [0.4, 0.5) is 5.69 Å². The van der Waals surface area contributed by atoms with Crippen LogP contribution in [0.2, 0.25) is 0 Å². The number of para-hydroxylation sites is 1. The van der Waals surface area contributed by atoms with Crippen LogP contribution in [0.15, 0.2) is 82.8 Å². The second-order valence-corrected chi connectivity index (χ2v) is 8.88. The number of hydrogen-bond acceptors (Lipinski definition) is 5. The summed E-state index contributed by atoms with van der Waals surface area (Å²) < 4.78 is 27.7. The highest BCUT2D eigenvalue weighted by Gasteiger charge is 2.27. The molecule has 0 heterocycles. The molecule has 0 unspecified atom stereocenters. The summed E-state index contributed by atoms with van der Waals surface area (Å²) in [6.45, 7) is 3.26. The fraction of sp³-hybridized carbons (Fsp3) is 0.130. The minimum atomic E-state index is -3.99. The molecule has 31 heavy (non-hydrogen) atoms. The number of aryl methyl sites for hydroxylation is 2. The quantitative estimate of drug-likeness (QED) is 0.437. The molecule has 0 bridgehead atoms. The molecule has 0 saturated heterocycles. The molecule has 0 saturated carbocycles. The number of nitrogens with one attached hydrogen (secondary N) is 1. The fourth-order valence-corrected chi connectivity index (χ4v) is 4.49. The van der Waals surface area contributed by atoms with Crippen LogP contribution in [0.1, 0.15) is 16.7 Å². The Morgan fingerprint density at radius 3 is 2.26 bits per heavy atom. The predicted molar refractivity (Wildman–Crippen MR) is 121 cm³/mol. The van der Waals surface area contributed by atoms with E-state index in [2.05, 4.69) is 10.5 Å². The van der Waals surface area contributed by atoms with Gasteiger partial charge in [-0.05, 0) is 61.4 Å². The molecule has 3 aromatic rings. The standard InChI is InChI=1S/C23H23N3O4S/c1-17-12-18(2)14-20(13-17)26(31(29,30)21-9-4-3-5-10-21)16-23(28)25-24-15-19-8-6-7-11-22(19)27/h3-15,27H,16H2,1-2H3,(H,25,28)/b24-15+. The number of nitrogens with zero attached hydrogens (tertiary/aromatic N) is 2. The molecule has 0 aliphatic carbocycles. The van der Waals surface area contributed by atoms with Crippen molar-refractivity contribution >= 4 is 27.8 Å². The molecule has 8 heteroatoms. The Bertz CT molecular complexity index is 1190. The Balaban J connectivity index is 1.88. The third-order valence-corrected chi connectivity index (χ3v) is 6.23. The van der Waals surface area contributed by atoms with E-state index in [0.29, 0.717) is 11.3 Å². The number of hydrazone groups is 1. The molecule has 7 nitrogen and oxygen atoms in total. The Morgan fingerprint density at radius 1 is 1.00 bits per heavy atom. The van der Waals surface area contributed by atoms with E-state index < -0.39 is 22.5 Å². The van der Waals surface area contributed by atoms with Crippen molar-refractivity contribution in [2.45, 2.75) is 18.7 Å². The lowest BCUT2D eigenvalue weighted by molar-refractivity contribution is -0.119. The average molecular weight is 438 g/mol. The van der Waals surface area contributed by atoms with Gasteiger partial charge in [0.1, 0.15) is 12.3 Å². The van der Waals surface area contributed by atoms with Crippen molar-refractivity contribution in [3.63, 3.8) is 0 Å². The van der Waals surface area contributed by atoms with Gasteiger partial charge in [0.05, 0.1) is 16.8 Å². The van der Waals surface area contributed by atoms with Crippen molar-refractivity contribution < 1.29 is 18.3 Å². The van der Waals surface area contributed by atoms with Gasteiger partial charge in [-0.3, -0.25) is 9.10 Å². The molecular formula is C23H23N3O4S. The first-order valence-electron chi connectivity index (χ1n) is 9.53. The lowest BCUT2D eigenvalue weighted by Gasteiger charge is -2.24. The van der Waals surface area contributed by atoms with Gasteiger partial charge in [-0.2, -0.15) is 5.10 Å². The number of rotatable bonds is 7. The van der Waals surface area contributed by atoms with E-state index in [1.54, 1.807) is 48.5 Å². The molecule has 0 radical (unpaired) electrons. The summed E-state index contributed by atoms with van der Waals surface area (Å²) in [5.74, 6) is -0.602. The van der Waals surface area contributed by atoms with Crippen molar-refractivity contribution in [3.05, 3.63) is 89.5 Å². The summed E-state index contributed by atoms with van der Waals surface area (Å²) in [6.07, 6.45) is 1.29. The summed E-state index contributed by atoms with van der Waals surface area (Å²) in [5.41, 5.74) is 4.89. The number of carbonyl (C=O) groups is 1. The second kappa shape index (κ2) is 9.44. The highest BCUT2D eigenvalue weighted by atomic mass is 32.2. The van der Waals surface area contributed by atoms with Gasteiger partial charge in [0.25, 0.3) is 15.9 Å². The number of aromatic hydroxyl groups is 1. The SMILES string of the molecule is Cc1cc(C)cc(N(CC(=O)N/N=C/c2ccccc2O)S(=O)(=O)c2ccccc2)c1. The summed E-state index contributed by atoms with van der Waals surface area (Å²) in [6, 6.07) is 19.8. The topological polar surface area (TPSA) is 99.1 Å². The Kier molecular flexibility index (Phi) is 6.71. The highest BCUT2D eigenvalue weighted by molar-refractivity contribution is 7.92. The first kappa shape index (κ1) is 22.0. The Labute approximate surface area is 181 Å². The van der Waals surface area contributed by atoms with Crippen LogP contribution < -0.4 is 9.73 Å². The van der Waals surface area contributed by atoms with E-state index in [9.17, 15) is 18.3 Å². The molecule has 0 atom stereocenters. The molecule has 1 amide bonds. The maximum atomic E-state index is 13.3. The first-order valence-corrected chi connectivity index (χ1v) is 11.0. The van der Waals surface area contributed by atoms with Gasteiger partial charge in [0.15, 0.2) is 0 Å². The smallest absolute Gasteiger partial charge is 0.264 e.